The molecule has 0 unspecified atom stereocenters. The fourth-order valence-electron chi connectivity index (χ4n) is 4.05. The SMILES string of the molecule is Cc1ccsc1C(=O)N(Cc1ccccc1)C[C@H](O)COc1ccc2oc3ccccc3c2c1. The number of aliphatic hydroxyl groups is 1. The quantitative estimate of drug-likeness (QED) is 0.300. The molecule has 0 aliphatic carbocycles. The number of fused-ring (bicyclic) bond motifs is 3. The lowest BCUT2D eigenvalue weighted by Crippen LogP contribution is -2.39. The first-order valence-corrected chi connectivity index (χ1v) is 12.1. The predicted octanol–water partition coefficient (Wildman–Crippen LogP) is 6.04. The summed E-state index contributed by atoms with van der Waals surface area (Å²) in [7, 11) is 0. The number of benzene rings is 3. The van der Waals surface area contributed by atoms with E-state index in [-0.39, 0.29) is 19.1 Å². The minimum absolute atomic E-state index is 0.0727. The van der Waals surface area contributed by atoms with Gasteiger partial charge in [0, 0.05) is 17.3 Å². The fraction of sp³-hybridized carbons (Fsp3) is 0.179. The van der Waals surface area contributed by atoms with E-state index < -0.39 is 6.10 Å². The van der Waals surface area contributed by atoms with Gasteiger partial charge in [-0.1, -0.05) is 48.5 Å². The van der Waals surface area contributed by atoms with Gasteiger partial charge in [-0.05, 0) is 53.8 Å². The van der Waals surface area contributed by atoms with E-state index in [4.69, 9.17) is 9.15 Å². The minimum atomic E-state index is -0.843. The molecule has 34 heavy (non-hydrogen) atoms. The molecule has 0 radical (unpaired) electrons. The highest BCUT2D eigenvalue weighted by atomic mass is 32.1. The maximum absolute atomic E-state index is 13.3. The van der Waals surface area contributed by atoms with Crippen LogP contribution in [0.4, 0.5) is 0 Å². The molecule has 1 amide bonds. The topological polar surface area (TPSA) is 62.9 Å². The summed E-state index contributed by atoms with van der Waals surface area (Å²) in [5, 5.41) is 14.7. The lowest BCUT2D eigenvalue weighted by atomic mass is 10.1. The molecule has 5 aromatic rings. The van der Waals surface area contributed by atoms with Gasteiger partial charge in [-0.3, -0.25) is 4.79 Å². The molecular formula is C28H25NO4S. The van der Waals surface area contributed by atoms with Crippen molar-refractivity contribution in [3.8, 4) is 5.75 Å². The van der Waals surface area contributed by atoms with Crippen molar-refractivity contribution in [2.45, 2.75) is 19.6 Å². The second-order valence-corrected chi connectivity index (χ2v) is 9.24. The van der Waals surface area contributed by atoms with E-state index in [1.54, 1.807) is 4.90 Å². The molecule has 0 fully saturated rings. The first-order valence-electron chi connectivity index (χ1n) is 11.2. The smallest absolute Gasteiger partial charge is 0.264 e. The zero-order chi connectivity index (χ0) is 23.5. The first kappa shape index (κ1) is 22.2. The third kappa shape index (κ3) is 4.69. The van der Waals surface area contributed by atoms with Crippen molar-refractivity contribution in [2.24, 2.45) is 0 Å². The lowest BCUT2D eigenvalue weighted by molar-refractivity contribution is 0.0485. The van der Waals surface area contributed by atoms with E-state index in [1.165, 1.54) is 11.3 Å². The monoisotopic (exact) mass is 471 g/mol. The van der Waals surface area contributed by atoms with Crippen LogP contribution in [0.1, 0.15) is 20.8 Å². The number of furan rings is 1. The Morgan fingerprint density at radius 2 is 1.76 bits per heavy atom. The predicted molar refractivity (Wildman–Crippen MR) is 135 cm³/mol. The lowest BCUT2D eigenvalue weighted by Gasteiger charge is -2.25. The van der Waals surface area contributed by atoms with Gasteiger partial charge in [0.15, 0.2) is 0 Å². The third-order valence-electron chi connectivity index (χ3n) is 5.78. The molecule has 172 valence electrons. The number of hydrogen-bond acceptors (Lipinski definition) is 5. The number of thiophene rings is 1. The molecule has 0 spiro atoms. The fourth-order valence-corrected chi connectivity index (χ4v) is 4.95. The van der Waals surface area contributed by atoms with Crippen molar-refractivity contribution >= 4 is 39.2 Å². The number of hydrogen-bond donors (Lipinski definition) is 1. The average molecular weight is 472 g/mol. The van der Waals surface area contributed by atoms with Crippen molar-refractivity contribution in [3.63, 3.8) is 0 Å². The van der Waals surface area contributed by atoms with Crippen molar-refractivity contribution in [1.82, 2.24) is 4.90 Å². The van der Waals surface area contributed by atoms with Crippen LogP contribution in [0.25, 0.3) is 21.9 Å². The maximum Gasteiger partial charge on any atom is 0.264 e. The Morgan fingerprint density at radius 1 is 1.00 bits per heavy atom. The van der Waals surface area contributed by atoms with E-state index in [0.717, 1.165) is 33.1 Å². The van der Waals surface area contributed by atoms with Gasteiger partial charge in [0.1, 0.15) is 29.6 Å². The summed E-state index contributed by atoms with van der Waals surface area (Å²) >= 11 is 1.42. The largest absolute Gasteiger partial charge is 0.491 e. The van der Waals surface area contributed by atoms with Gasteiger partial charge in [0.2, 0.25) is 0 Å². The van der Waals surface area contributed by atoms with Crippen LogP contribution in [0.2, 0.25) is 0 Å². The van der Waals surface area contributed by atoms with Gasteiger partial charge >= 0.3 is 0 Å². The molecule has 3 aromatic carbocycles. The Labute approximate surface area is 201 Å². The van der Waals surface area contributed by atoms with Gasteiger partial charge in [-0.15, -0.1) is 11.3 Å². The van der Waals surface area contributed by atoms with Crippen LogP contribution in [0.3, 0.4) is 0 Å². The van der Waals surface area contributed by atoms with Gasteiger partial charge in [0.05, 0.1) is 11.4 Å². The number of carbonyl (C=O) groups excluding carboxylic acids is 1. The summed E-state index contributed by atoms with van der Waals surface area (Å²) in [6.45, 7) is 2.59. The van der Waals surface area contributed by atoms with Gasteiger partial charge in [-0.25, -0.2) is 0 Å². The Hall–Kier alpha value is -3.61. The highest BCUT2D eigenvalue weighted by Gasteiger charge is 2.22. The molecule has 0 saturated carbocycles. The number of rotatable bonds is 8. The highest BCUT2D eigenvalue weighted by molar-refractivity contribution is 7.12. The van der Waals surface area contributed by atoms with E-state index in [0.29, 0.717) is 17.2 Å². The molecule has 6 heteroatoms. The number of carbonyl (C=O) groups is 1. The summed E-state index contributed by atoms with van der Waals surface area (Å²) in [6, 6.07) is 25.2. The molecule has 2 aromatic heterocycles. The molecule has 0 bridgehead atoms. The van der Waals surface area contributed by atoms with Crippen LogP contribution in [-0.2, 0) is 6.54 Å². The number of para-hydroxylation sites is 1. The Balaban J connectivity index is 1.30. The normalized spacial score (nSPS) is 12.2. The zero-order valence-electron chi connectivity index (χ0n) is 18.8. The van der Waals surface area contributed by atoms with Crippen molar-refractivity contribution in [2.75, 3.05) is 13.2 Å². The maximum atomic E-state index is 13.3. The third-order valence-corrected chi connectivity index (χ3v) is 6.79. The molecule has 0 aliphatic rings. The second-order valence-electron chi connectivity index (χ2n) is 8.33. The number of nitrogens with zero attached hydrogens (tertiary/aromatic N) is 1. The van der Waals surface area contributed by atoms with E-state index in [1.807, 2.05) is 91.2 Å². The highest BCUT2D eigenvalue weighted by Crippen LogP contribution is 2.31. The van der Waals surface area contributed by atoms with Crippen molar-refractivity contribution < 1.29 is 19.1 Å². The molecule has 0 aliphatic heterocycles. The Kier molecular flexibility index (Phi) is 6.34. The molecule has 0 saturated heterocycles. The van der Waals surface area contributed by atoms with Crippen LogP contribution in [-0.4, -0.2) is 35.2 Å². The van der Waals surface area contributed by atoms with Gasteiger partial charge < -0.3 is 19.2 Å². The summed E-state index contributed by atoms with van der Waals surface area (Å²) < 4.78 is 11.8. The van der Waals surface area contributed by atoms with Gasteiger partial charge in [-0.2, -0.15) is 0 Å². The summed E-state index contributed by atoms with van der Waals surface area (Å²) in [6.07, 6.45) is -0.843. The van der Waals surface area contributed by atoms with Crippen LogP contribution >= 0.6 is 11.3 Å². The first-order chi connectivity index (χ1) is 16.6. The minimum Gasteiger partial charge on any atom is -0.491 e. The van der Waals surface area contributed by atoms with Crippen LogP contribution in [0, 0.1) is 6.92 Å². The molecule has 1 atom stereocenters. The van der Waals surface area contributed by atoms with E-state index in [9.17, 15) is 9.90 Å². The van der Waals surface area contributed by atoms with Crippen LogP contribution < -0.4 is 4.74 Å². The van der Waals surface area contributed by atoms with E-state index >= 15 is 0 Å². The molecule has 1 N–H and O–H groups in total. The van der Waals surface area contributed by atoms with Crippen LogP contribution in [0.5, 0.6) is 5.75 Å². The van der Waals surface area contributed by atoms with E-state index in [2.05, 4.69) is 0 Å². The number of amides is 1. The van der Waals surface area contributed by atoms with Crippen molar-refractivity contribution in [1.29, 1.82) is 0 Å². The number of aryl methyl sites for hydroxylation is 1. The Bertz CT molecular complexity index is 1420. The summed E-state index contributed by atoms with van der Waals surface area (Å²) in [5.74, 6) is 0.565. The second kappa shape index (κ2) is 9.71. The Morgan fingerprint density at radius 3 is 2.56 bits per heavy atom. The van der Waals surface area contributed by atoms with Gasteiger partial charge in [0.25, 0.3) is 5.91 Å². The molecule has 5 rings (SSSR count). The molecular weight excluding hydrogens is 446 g/mol. The number of ether oxygens (including phenoxy) is 1. The molecule has 5 nitrogen and oxygen atoms in total. The summed E-state index contributed by atoms with van der Waals surface area (Å²) in [4.78, 5) is 15.6. The average Bonchev–Trinajstić information content (AvgIpc) is 3.45. The van der Waals surface area contributed by atoms with Crippen LogP contribution in [0.15, 0.2) is 88.7 Å². The summed E-state index contributed by atoms with van der Waals surface area (Å²) in [5.41, 5.74) is 3.57. The zero-order valence-corrected chi connectivity index (χ0v) is 19.6. The standard InChI is InChI=1S/C28H25NO4S/c1-19-13-14-34-27(19)28(31)29(16-20-7-3-2-4-8-20)17-21(30)18-32-22-11-12-26-24(15-22)23-9-5-6-10-25(23)33-26/h2-15,21,30H,16-18H2,1H3/t21-/m0/s1. The molecule has 2 heterocycles. The van der Waals surface area contributed by atoms with Crippen molar-refractivity contribution in [3.05, 3.63) is 100 Å². The number of aliphatic hydroxyl groups excluding tert-OH is 1.